The summed E-state index contributed by atoms with van der Waals surface area (Å²) in [7, 11) is 0. The second kappa shape index (κ2) is 4.93. The third kappa shape index (κ3) is 3.03. The lowest BCUT2D eigenvalue weighted by molar-refractivity contribution is 0.479. The minimum absolute atomic E-state index is 0.0787. The molecule has 1 aliphatic carbocycles. The summed E-state index contributed by atoms with van der Waals surface area (Å²) < 4.78 is 13.3. The van der Waals surface area contributed by atoms with Gasteiger partial charge in [-0.1, -0.05) is 18.9 Å². The first-order valence-electron chi connectivity index (χ1n) is 5.92. The van der Waals surface area contributed by atoms with E-state index >= 15 is 0 Å². The van der Waals surface area contributed by atoms with Crippen LogP contribution in [-0.4, -0.2) is 0 Å². The molecule has 2 rings (SSSR count). The summed E-state index contributed by atoms with van der Waals surface area (Å²) in [5, 5.41) is 0. The summed E-state index contributed by atoms with van der Waals surface area (Å²) in [6.07, 6.45) is 4.87. The highest BCUT2D eigenvalue weighted by Gasteiger charge is 2.22. The van der Waals surface area contributed by atoms with Crippen LogP contribution in [0.3, 0.4) is 0 Å². The molecule has 1 saturated carbocycles. The minimum Gasteiger partial charge on any atom is -0.271 e. The summed E-state index contributed by atoms with van der Waals surface area (Å²) in [5.74, 6) is 6.24. The summed E-state index contributed by atoms with van der Waals surface area (Å²) >= 11 is 0. The van der Waals surface area contributed by atoms with Crippen LogP contribution in [0.2, 0.25) is 0 Å². The molecule has 1 unspecified atom stereocenters. The maximum Gasteiger partial charge on any atom is 0.123 e. The number of benzene rings is 1. The highest BCUT2D eigenvalue weighted by molar-refractivity contribution is 5.26. The molecule has 1 aromatic carbocycles. The first-order chi connectivity index (χ1) is 7.69. The van der Waals surface area contributed by atoms with E-state index in [0.29, 0.717) is 0 Å². The number of aryl methyl sites for hydroxylation is 1. The lowest BCUT2D eigenvalue weighted by Gasteiger charge is -2.16. The molecule has 0 radical (unpaired) electrons. The normalized spacial score (nSPS) is 17.4. The molecule has 0 heterocycles. The van der Waals surface area contributed by atoms with E-state index in [9.17, 15) is 4.39 Å². The van der Waals surface area contributed by atoms with Gasteiger partial charge < -0.3 is 0 Å². The molecule has 3 heteroatoms. The van der Waals surface area contributed by atoms with E-state index in [1.807, 2.05) is 13.0 Å². The molecule has 1 aromatic rings. The molecular weight excluding hydrogens is 203 g/mol. The van der Waals surface area contributed by atoms with Gasteiger partial charge in [-0.05, 0) is 48.9 Å². The standard InChI is InChI=1S/C13H19FN2/c1-9-6-11(8-12(14)7-9)13(16-15)5-4-10-2-3-10/h6-8,10,13,16H,2-5,15H2,1H3. The quantitative estimate of drug-likeness (QED) is 0.594. The maximum atomic E-state index is 13.3. The molecule has 0 aliphatic heterocycles. The Morgan fingerprint density at radius 2 is 2.19 bits per heavy atom. The summed E-state index contributed by atoms with van der Waals surface area (Å²) in [4.78, 5) is 0. The molecule has 0 saturated heterocycles. The molecule has 1 atom stereocenters. The van der Waals surface area contributed by atoms with Gasteiger partial charge in [0.05, 0.1) is 0 Å². The number of rotatable bonds is 5. The predicted molar refractivity (Wildman–Crippen MR) is 63.2 cm³/mol. The fraction of sp³-hybridized carbons (Fsp3) is 0.538. The summed E-state index contributed by atoms with van der Waals surface area (Å²) in [6.45, 7) is 1.90. The van der Waals surface area contributed by atoms with Gasteiger partial charge in [-0.25, -0.2) is 4.39 Å². The van der Waals surface area contributed by atoms with Gasteiger partial charge in [0.1, 0.15) is 5.82 Å². The second-order valence-electron chi connectivity index (χ2n) is 4.80. The number of nitrogens with two attached hydrogens (primary N) is 1. The van der Waals surface area contributed by atoms with Crippen LogP contribution in [0, 0.1) is 18.7 Å². The molecule has 0 bridgehead atoms. The van der Waals surface area contributed by atoms with E-state index in [1.54, 1.807) is 6.07 Å². The Balaban J connectivity index is 2.04. The van der Waals surface area contributed by atoms with E-state index in [4.69, 9.17) is 5.84 Å². The van der Waals surface area contributed by atoms with Crippen LogP contribution in [0.5, 0.6) is 0 Å². The minimum atomic E-state index is -0.179. The van der Waals surface area contributed by atoms with Crippen molar-refractivity contribution in [2.24, 2.45) is 11.8 Å². The molecular formula is C13H19FN2. The van der Waals surface area contributed by atoms with Crippen LogP contribution in [0.4, 0.5) is 4.39 Å². The highest BCUT2D eigenvalue weighted by atomic mass is 19.1. The molecule has 0 spiro atoms. The topological polar surface area (TPSA) is 38.0 Å². The monoisotopic (exact) mass is 222 g/mol. The van der Waals surface area contributed by atoms with Crippen LogP contribution >= 0.6 is 0 Å². The summed E-state index contributed by atoms with van der Waals surface area (Å²) in [5.41, 5.74) is 4.69. The van der Waals surface area contributed by atoms with Crippen LogP contribution in [-0.2, 0) is 0 Å². The predicted octanol–water partition coefficient (Wildman–Crippen LogP) is 2.83. The van der Waals surface area contributed by atoms with Crippen LogP contribution in [0.15, 0.2) is 18.2 Å². The van der Waals surface area contributed by atoms with Crippen LogP contribution in [0.25, 0.3) is 0 Å². The van der Waals surface area contributed by atoms with E-state index < -0.39 is 0 Å². The Labute approximate surface area is 96.0 Å². The maximum absolute atomic E-state index is 13.3. The zero-order valence-corrected chi connectivity index (χ0v) is 9.67. The molecule has 3 N–H and O–H groups in total. The van der Waals surface area contributed by atoms with Gasteiger partial charge in [0.2, 0.25) is 0 Å². The first-order valence-corrected chi connectivity index (χ1v) is 5.92. The molecule has 0 amide bonds. The van der Waals surface area contributed by atoms with Gasteiger partial charge in [-0.3, -0.25) is 11.3 Å². The second-order valence-corrected chi connectivity index (χ2v) is 4.80. The smallest absolute Gasteiger partial charge is 0.123 e. The van der Waals surface area contributed by atoms with Crippen molar-refractivity contribution in [2.45, 2.75) is 38.6 Å². The first kappa shape index (κ1) is 11.6. The van der Waals surface area contributed by atoms with Gasteiger partial charge in [0.15, 0.2) is 0 Å². The van der Waals surface area contributed by atoms with Crippen molar-refractivity contribution in [3.8, 4) is 0 Å². The van der Waals surface area contributed by atoms with Crippen molar-refractivity contribution in [1.29, 1.82) is 0 Å². The van der Waals surface area contributed by atoms with E-state index in [0.717, 1.165) is 23.5 Å². The van der Waals surface area contributed by atoms with Gasteiger partial charge >= 0.3 is 0 Å². The van der Waals surface area contributed by atoms with E-state index in [1.165, 1.54) is 25.3 Å². The summed E-state index contributed by atoms with van der Waals surface area (Å²) in [6, 6.07) is 5.19. The largest absolute Gasteiger partial charge is 0.271 e. The van der Waals surface area contributed by atoms with Gasteiger partial charge in [0.25, 0.3) is 0 Å². The van der Waals surface area contributed by atoms with Gasteiger partial charge in [0, 0.05) is 6.04 Å². The zero-order chi connectivity index (χ0) is 11.5. The Kier molecular flexibility index (Phi) is 3.56. The van der Waals surface area contributed by atoms with Crippen molar-refractivity contribution in [3.05, 3.63) is 35.1 Å². The SMILES string of the molecule is Cc1cc(F)cc(C(CCC2CC2)NN)c1. The Bertz CT molecular complexity index is 341. The van der Waals surface area contributed by atoms with E-state index in [2.05, 4.69) is 5.43 Å². The van der Waals surface area contributed by atoms with Gasteiger partial charge in [-0.15, -0.1) is 0 Å². The molecule has 0 aromatic heterocycles. The molecule has 1 fully saturated rings. The number of halogens is 1. The average Bonchev–Trinajstić information content (AvgIpc) is 3.01. The zero-order valence-electron chi connectivity index (χ0n) is 9.67. The molecule has 88 valence electrons. The number of hydrazine groups is 1. The lowest BCUT2D eigenvalue weighted by Crippen LogP contribution is -2.28. The highest BCUT2D eigenvalue weighted by Crippen LogP contribution is 2.35. The van der Waals surface area contributed by atoms with Crippen molar-refractivity contribution in [1.82, 2.24) is 5.43 Å². The average molecular weight is 222 g/mol. The fourth-order valence-corrected chi connectivity index (χ4v) is 2.12. The number of hydrogen-bond acceptors (Lipinski definition) is 2. The third-order valence-corrected chi connectivity index (χ3v) is 3.23. The fourth-order valence-electron chi connectivity index (χ4n) is 2.12. The number of nitrogens with one attached hydrogen (secondary N) is 1. The van der Waals surface area contributed by atoms with E-state index in [-0.39, 0.29) is 11.9 Å². The molecule has 2 nitrogen and oxygen atoms in total. The van der Waals surface area contributed by atoms with Crippen molar-refractivity contribution >= 4 is 0 Å². The molecule has 16 heavy (non-hydrogen) atoms. The van der Waals surface area contributed by atoms with Crippen molar-refractivity contribution < 1.29 is 4.39 Å². The Hall–Kier alpha value is -0.930. The van der Waals surface area contributed by atoms with Crippen molar-refractivity contribution in [3.63, 3.8) is 0 Å². The Morgan fingerprint density at radius 3 is 2.75 bits per heavy atom. The Morgan fingerprint density at radius 1 is 1.44 bits per heavy atom. The van der Waals surface area contributed by atoms with Crippen LogP contribution in [0.1, 0.15) is 42.9 Å². The lowest BCUT2D eigenvalue weighted by atomic mass is 9.99. The van der Waals surface area contributed by atoms with Crippen molar-refractivity contribution in [2.75, 3.05) is 0 Å². The third-order valence-electron chi connectivity index (χ3n) is 3.23. The molecule has 1 aliphatic rings. The van der Waals surface area contributed by atoms with Gasteiger partial charge in [-0.2, -0.15) is 0 Å². The number of hydrogen-bond donors (Lipinski definition) is 2. The van der Waals surface area contributed by atoms with Crippen LogP contribution < -0.4 is 11.3 Å².